The second-order valence-corrected chi connectivity index (χ2v) is 5.31. The molecule has 0 aliphatic rings. The van der Waals surface area contributed by atoms with Gasteiger partial charge in [0.2, 0.25) is 0 Å². The first kappa shape index (κ1) is 15.0. The molecule has 1 heterocycles. The van der Waals surface area contributed by atoms with Gasteiger partial charge in [0, 0.05) is 24.7 Å². The predicted octanol–water partition coefficient (Wildman–Crippen LogP) is 2.75. The number of methoxy groups -OCH3 is 1. The van der Waals surface area contributed by atoms with Gasteiger partial charge in [0.25, 0.3) is 0 Å². The van der Waals surface area contributed by atoms with Gasteiger partial charge in [-0.25, -0.2) is 4.68 Å². The molecule has 0 spiro atoms. The smallest absolute Gasteiger partial charge is 0.156 e. The summed E-state index contributed by atoms with van der Waals surface area (Å²) in [6.07, 6.45) is 1.11. The van der Waals surface area contributed by atoms with Crippen LogP contribution in [-0.2, 0) is 13.6 Å². The van der Waals surface area contributed by atoms with Crippen molar-refractivity contribution in [1.82, 2.24) is 20.3 Å². The first-order valence-electron chi connectivity index (χ1n) is 6.60. The minimum absolute atomic E-state index is 0.748. The Balaban J connectivity index is 2.34. The van der Waals surface area contributed by atoms with E-state index in [0.29, 0.717) is 0 Å². The van der Waals surface area contributed by atoms with Crippen molar-refractivity contribution in [2.24, 2.45) is 7.05 Å². The lowest BCUT2D eigenvalue weighted by molar-refractivity contribution is 0.408. The SMILES string of the molecule is CCCNCc1cc(-c2c(Br)nnn2C)ccc1OC. The Morgan fingerprint density at radius 1 is 1.40 bits per heavy atom. The number of ether oxygens (including phenoxy) is 1. The summed E-state index contributed by atoms with van der Waals surface area (Å²) in [5.41, 5.74) is 3.16. The monoisotopic (exact) mass is 338 g/mol. The molecule has 6 heteroatoms. The average molecular weight is 339 g/mol. The molecule has 0 unspecified atom stereocenters. The summed E-state index contributed by atoms with van der Waals surface area (Å²) < 4.78 is 7.93. The van der Waals surface area contributed by atoms with Crippen molar-refractivity contribution in [3.05, 3.63) is 28.4 Å². The van der Waals surface area contributed by atoms with Gasteiger partial charge in [0.1, 0.15) is 11.4 Å². The van der Waals surface area contributed by atoms with Gasteiger partial charge < -0.3 is 10.1 Å². The van der Waals surface area contributed by atoms with Gasteiger partial charge >= 0.3 is 0 Å². The third-order valence-corrected chi connectivity index (χ3v) is 3.62. The number of nitrogens with zero attached hydrogens (tertiary/aromatic N) is 3. The van der Waals surface area contributed by atoms with E-state index in [-0.39, 0.29) is 0 Å². The minimum atomic E-state index is 0.748. The summed E-state index contributed by atoms with van der Waals surface area (Å²) in [6.45, 7) is 3.93. The highest BCUT2D eigenvalue weighted by molar-refractivity contribution is 9.10. The van der Waals surface area contributed by atoms with Crippen LogP contribution in [0, 0.1) is 0 Å². The van der Waals surface area contributed by atoms with Gasteiger partial charge in [0.15, 0.2) is 4.60 Å². The Kier molecular flexibility index (Phi) is 5.14. The highest BCUT2D eigenvalue weighted by Gasteiger charge is 2.13. The van der Waals surface area contributed by atoms with Crippen LogP contribution in [0.3, 0.4) is 0 Å². The third kappa shape index (κ3) is 3.19. The van der Waals surface area contributed by atoms with Gasteiger partial charge in [-0.1, -0.05) is 12.1 Å². The zero-order chi connectivity index (χ0) is 14.5. The van der Waals surface area contributed by atoms with Crippen molar-refractivity contribution in [2.45, 2.75) is 19.9 Å². The molecule has 1 aromatic carbocycles. The number of hydrogen-bond donors (Lipinski definition) is 1. The van der Waals surface area contributed by atoms with E-state index in [1.54, 1.807) is 11.8 Å². The summed E-state index contributed by atoms with van der Waals surface area (Å²) in [7, 11) is 3.58. The van der Waals surface area contributed by atoms with Crippen LogP contribution in [0.15, 0.2) is 22.8 Å². The summed E-state index contributed by atoms with van der Waals surface area (Å²) in [4.78, 5) is 0. The lowest BCUT2D eigenvalue weighted by Gasteiger charge is -2.11. The Labute approximate surface area is 127 Å². The largest absolute Gasteiger partial charge is 0.496 e. The lowest BCUT2D eigenvalue weighted by atomic mass is 10.1. The van der Waals surface area contributed by atoms with E-state index < -0.39 is 0 Å². The molecule has 1 N–H and O–H groups in total. The summed E-state index contributed by atoms with van der Waals surface area (Å²) in [6, 6.07) is 6.12. The highest BCUT2D eigenvalue weighted by Crippen LogP contribution is 2.29. The van der Waals surface area contributed by atoms with E-state index in [1.165, 1.54) is 0 Å². The maximum Gasteiger partial charge on any atom is 0.156 e. The maximum absolute atomic E-state index is 5.42. The van der Waals surface area contributed by atoms with Crippen LogP contribution in [0.5, 0.6) is 5.75 Å². The molecule has 0 aliphatic heterocycles. The van der Waals surface area contributed by atoms with E-state index >= 15 is 0 Å². The molecule has 1 aromatic heterocycles. The van der Waals surface area contributed by atoms with Crippen LogP contribution in [0.2, 0.25) is 0 Å². The first-order chi connectivity index (χ1) is 9.67. The third-order valence-electron chi connectivity index (χ3n) is 3.08. The standard InChI is InChI=1S/C14H19BrN4O/c1-4-7-16-9-11-8-10(5-6-12(11)20-3)13-14(15)17-18-19(13)2/h5-6,8,16H,4,7,9H2,1-3H3. The molecule has 0 fully saturated rings. The molecule has 2 aromatic rings. The molecular weight excluding hydrogens is 320 g/mol. The molecule has 0 amide bonds. The zero-order valence-electron chi connectivity index (χ0n) is 12.0. The first-order valence-corrected chi connectivity index (χ1v) is 7.39. The van der Waals surface area contributed by atoms with E-state index in [0.717, 1.165) is 46.7 Å². The molecule has 0 saturated carbocycles. The Morgan fingerprint density at radius 2 is 2.20 bits per heavy atom. The molecule has 0 bridgehead atoms. The van der Waals surface area contributed by atoms with Crippen LogP contribution >= 0.6 is 15.9 Å². The molecule has 0 saturated heterocycles. The Hall–Kier alpha value is -1.40. The van der Waals surface area contributed by atoms with Crippen LogP contribution in [0.4, 0.5) is 0 Å². The topological polar surface area (TPSA) is 52.0 Å². The number of rotatable bonds is 6. The molecule has 0 atom stereocenters. The molecular formula is C14H19BrN4O. The van der Waals surface area contributed by atoms with Crippen LogP contribution < -0.4 is 10.1 Å². The Bertz CT molecular complexity index is 563. The quantitative estimate of drug-likeness (QED) is 0.823. The second kappa shape index (κ2) is 6.85. The number of benzene rings is 1. The fourth-order valence-electron chi connectivity index (χ4n) is 2.10. The molecule has 0 aliphatic carbocycles. The van der Waals surface area contributed by atoms with Gasteiger partial charge in [-0.05, 0) is 47.1 Å². The summed E-state index contributed by atoms with van der Waals surface area (Å²) in [5, 5.41) is 11.4. The van der Waals surface area contributed by atoms with E-state index in [4.69, 9.17) is 4.74 Å². The fraction of sp³-hybridized carbons (Fsp3) is 0.429. The van der Waals surface area contributed by atoms with Crippen molar-refractivity contribution < 1.29 is 4.74 Å². The van der Waals surface area contributed by atoms with Gasteiger partial charge in [-0.15, -0.1) is 5.10 Å². The number of aromatic nitrogens is 3. The molecule has 2 rings (SSSR count). The van der Waals surface area contributed by atoms with Crippen molar-refractivity contribution in [3.8, 4) is 17.0 Å². The Morgan fingerprint density at radius 3 is 2.80 bits per heavy atom. The molecule has 0 radical (unpaired) electrons. The summed E-state index contributed by atoms with van der Waals surface area (Å²) in [5.74, 6) is 0.892. The number of halogens is 1. The van der Waals surface area contributed by atoms with Crippen LogP contribution in [-0.4, -0.2) is 28.6 Å². The fourth-order valence-corrected chi connectivity index (χ4v) is 2.66. The molecule has 108 valence electrons. The van der Waals surface area contributed by atoms with Gasteiger partial charge in [-0.3, -0.25) is 0 Å². The van der Waals surface area contributed by atoms with Crippen molar-refractivity contribution in [3.63, 3.8) is 0 Å². The molecule has 5 nitrogen and oxygen atoms in total. The zero-order valence-corrected chi connectivity index (χ0v) is 13.6. The normalized spacial score (nSPS) is 10.8. The van der Waals surface area contributed by atoms with Crippen LogP contribution in [0.1, 0.15) is 18.9 Å². The van der Waals surface area contributed by atoms with Crippen molar-refractivity contribution in [2.75, 3.05) is 13.7 Å². The van der Waals surface area contributed by atoms with Crippen molar-refractivity contribution >= 4 is 15.9 Å². The maximum atomic E-state index is 5.42. The minimum Gasteiger partial charge on any atom is -0.496 e. The average Bonchev–Trinajstić information content (AvgIpc) is 2.78. The van der Waals surface area contributed by atoms with Crippen LogP contribution in [0.25, 0.3) is 11.3 Å². The highest BCUT2D eigenvalue weighted by atomic mass is 79.9. The summed E-state index contributed by atoms with van der Waals surface area (Å²) >= 11 is 3.44. The lowest BCUT2D eigenvalue weighted by Crippen LogP contribution is -2.14. The van der Waals surface area contributed by atoms with E-state index in [9.17, 15) is 0 Å². The van der Waals surface area contributed by atoms with Gasteiger partial charge in [0.05, 0.1) is 7.11 Å². The van der Waals surface area contributed by atoms with E-state index in [2.05, 4.69) is 44.5 Å². The van der Waals surface area contributed by atoms with E-state index in [1.807, 2.05) is 19.2 Å². The number of aryl methyl sites for hydroxylation is 1. The number of hydrogen-bond acceptors (Lipinski definition) is 4. The van der Waals surface area contributed by atoms with Gasteiger partial charge in [-0.2, -0.15) is 0 Å². The predicted molar refractivity (Wildman–Crippen MR) is 82.7 cm³/mol. The molecule has 20 heavy (non-hydrogen) atoms. The van der Waals surface area contributed by atoms with Crippen molar-refractivity contribution in [1.29, 1.82) is 0 Å². The number of nitrogens with one attached hydrogen (secondary N) is 1. The second-order valence-electron chi connectivity index (χ2n) is 4.56.